The first-order chi connectivity index (χ1) is 5.63. The molecule has 66 valence electrons. The monoisotopic (exact) mass is 162 g/mol. The fraction of sp³-hybridized carbons (Fsp3) is 0.333. The van der Waals surface area contributed by atoms with Crippen LogP contribution in [-0.2, 0) is 0 Å². The molecule has 0 saturated carbocycles. The Morgan fingerprint density at radius 2 is 1.50 bits per heavy atom. The molecule has 0 radical (unpaired) electrons. The Morgan fingerprint density at radius 1 is 1.00 bits per heavy atom. The molecule has 0 N–H and O–H groups in total. The van der Waals surface area contributed by atoms with Crippen molar-refractivity contribution in [3.05, 3.63) is 47.6 Å². The van der Waals surface area contributed by atoms with E-state index in [1.807, 2.05) is 32.9 Å². The standard InChI is InChI=1S/C12H18/c1-6-8-11(5)12(9-7-2)10(3)4/h6-9H,3H2,1-2,4-5H3. The molecule has 0 nitrogen and oxygen atoms in total. The first kappa shape index (κ1) is 11.0. The summed E-state index contributed by atoms with van der Waals surface area (Å²) in [7, 11) is 0. The Labute approximate surface area is 76.0 Å². The molecule has 0 aliphatic carbocycles. The summed E-state index contributed by atoms with van der Waals surface area (Å²) in [4.78, 5) is 0. The molecule has 0 amide bonds. The molecule has 12 heavy (non-hydrogen) atoms. The zero-order valence-electron chi connectivity index (χ0n) is 8.52. The minimum atomic E-state index is 1.11. The molecule has 0 saturated heterocycles. The highest BCUT2D eigenvalue weighted by molar-refractivity contribution is 5.43. The van der Waals surface area contributed by atoms with Gasteiger partial charge in [0, 0.05) is 0 Å². The fourth-order valence-corrected chi connectivity index (χ4v) is 1.12. The van der Waals surface area contributed by atoms with Crippen LogP contribution in [0.2, 0.25) is 0 Å². The van der Waals surface area contributed by atoms with Gasteiger partial charge in [0.1, 0.15) is 0 Å². The summed E-state index contributed by atoms with van der Waals surface area (Å²) >= 11 is 0. The first-order valence-electron chi connectivity index (χ1n) is 4.25. The Kier molecular flexibility index (Phi) is 5.11. The molecule has 0 atom stereocenters. The minimum Gasteiger partial charge on any atom is -0.0955 e. The maximum Gasteiger partial charge on any atom is -0.0207 e. The van der Waals surface area contributed by atoms with Crippen molar-refractivity contribution in [1.29, 1.82) is 0 Å². The summed E-state index contributed by atoms with van der Waals surface area (Å²) in [6, 6.07) is 0. The van der Waals surface area contributed by atoms with Crippen molar-refractivity contribution in [2.75, 3.05) is 0 Å². The van der Waals surface area contributed by atoms with E-state index in [0.717, 1.165) is 5.57 Å². The van der Waals surface area contributed by atoms with Crippen LogP contribution in [0, 0.1) is 0 Å². The molecule has 0 heteroatoms. The van der Waals surface area contributed by atoms with E-state index in [1.165, 1.54) is 11.1 Å². The van der Waals surface area contributed by atoms with Gasteiger partial charge in [0.25, 0.3) is 0 Å². The van der Waals surface area contributed by atoms with Crippen LogP contribution < -0.4 is 0 Å². The number of rotatable bonds is 3. The Morgan fingerprint density at radius 3 is 1.83 bits per heavy atom. The number of hydrogen-bond acceptors (Lipinski definition) is 0. The molecule has 0 spiro atoms. The molecule has 0 aromatic heterocycles. The summed E-state index contributed by atoms with van der Waals surface area (Å²) in [6.45, 7) is 12.1. The van der Waals surface area contributed by atoms with Gasteiger partial charge in [-0.1, -0.05) is 36.5 Å². The van der Waals surface area contributed by atoms with Gasteiger partial charge >= 0.3 is 0 Å². The molecule has 0 aliphatic rings. The molecular weight excluding hydrogens is 144 g/mol. The largest absolute Gasteiger partial charge is 0.0955 e. The average molecular weight is 162 g/mol. The molecule has 0 aliphatic heterocycles. The van der Waals surface area contributed by atoms with Crippen molar-refractivity contribution in [1.82, 2.24) is 0 Å². The minimum absolute atomic E-state index is 1.11. The lowest BCUT2D eigenvalue weighted by Gasteiger charge is -2.03. The van der Waals surface area contributed by atoms with Crippen LogP contribution in [0.5, 0.6) is 0 Å². The molecule has 0 rings (SSSR count). The second-order valence-corrected chi connectivity index (χ2v) is 2.88. The van der Waals surface area contributed by atoms with E-state index in [-0.39, 0.29) is 0 Å². The van der Waals surface area contributed by atoms with Crippen LogP contribution >= 0.6 is 0 Å². The van der Waals surface area contributed by atoms with Crippen molar-refractivity contribution < 1.29 is 0 Å². The van der Waals surface area contributed by atoms with Crippen molar-refractivity contribution in [3.8, 4) is 0 Å². The zero-order chi connectivity index (χ0) is 9.56. The lowest BCUT2D eigenvalue weighted by atomic mass is 10.0. The summed E-state index contributed by atoms with van der Waals surface area (Å²) in [5.74, 6) is 0. The summed E-state index contributed by atoms with van der Waals surface area (Å²) < 4.78 is 0. The summed E-state index contributed by atoms with van der Waals surface area (Å²) in [5, 5.41) is 0. The van der Waals surface area contributed by atoms with E-state index in [9.17, 15) is 0 Å². The third-order valence-electron chi connectivity index (χ3n) is 1.63. The maximum absolute atomic E-state index is 3.93. The van der Waals surface area contributed by atoms with Crippen LogP contribution in [0.1, 0.15) is 27.7 Å². The van der Waals surface area contributed by atoms with Crippen LogP contribution in [0.15, 0.2) is 47.6 Å². The topological polar surface area (TPSA) is 0 Å². The summed E-state index contributed by atoms with van der Waals surface area (Å²) in [6.07, 6.45) is 8.28. The van der Waals surface area contributed by atoms with Gasteiger partial charge in [0.15, 0.2) is 0 Å². The Hall–Kier alpha value is -1.04. The summed E-state index contributed by atoms with van der Waals surface area (Å²) in [5.41, 5.74) is 3.61. The van der Waals surface area contributed by atoms with Crippen molar-refractivity contribution in [2.45, 2.75) is 27.7 Å². The number of allylic oxidation sites excluding steroid dienone is 7. The van der Waals surface area contributed by atoms with Crippen molar-refractivity contribution in [2.24, 2.45) is 0 Å². The lowest BCUT2D eigenvalue weighted by molar-refractivity contribution is 1.35. The van der Waals surface area contributed by atoms with E-state index in [0.29, 0.717) is 0 Å². The van der Waals surface area contributed by atoms with E-state index in [4.69, 9.17) is 0 Å². The fourth-order valence-electron chi connectivity index (χ4n) is 1.12. The second-order valence-electron chi connectivity index (χ2n) is 2.88. The average Bonchev–Trinajstić information content (AvgIpc) is 1.99. The van der Waals surface area contributed by atoms with E-state index in [2.05, 4.69) is 25.7 Å². The third-order valence-corrected chi connectivity index (χ3v) is 1.63. The van der Waals surface area contributed by atoms with Crippen molar-refractivity contribution >= 4 is 0 Å². The first-order valence-corrected chi connectivity index (χ1v) is 4.25. The Balaban J connectivity index is 4.93. The van der Waals surface area contributed by atoms with E-state index < -0.39 is 0 Å². The smallest absolute Gasteiger partial charge is 0.0207 e. The van der Waals surface area contributed by atoms with Crippen LogP contribution in [0.3, 0.4) is 0 Å². The third kappa shape index (κ3) is 3.38. The SMILES string of the molecule is C=C(C)C(C=CC)=C(C)C=CC. The van der Waals surface area contributed by atoms with Gasteiger partial charge in [-0.05, 0) is 38.8 Å². The maximum atomic E-state index is 3.93. The van der Waals surface area contributed by atoms with Crippen molar-refractivity contribution in [3.63, 3.8) is 0 Å². The van der Waals surface area contributed by atoms with Crippen LogP contribution in [0.25, 0.3) is 0 Å². The normalized spacial score (nSPS) is 14.0. The molecule has 0 bridgehead atoms. The molecule has 0 aromatic rings. The van der Waals surface area contributed by atoms with Gasteiger partial charge in [-0.2, -0.15) is 0 Å². The quantitative estimate of drug-likeness (QED) is 0.549. The Bertz CT molecular complexity index is 237. The van der Waals surface area contributed by atoms with Gasteiger partial charge < -0.3 is 0 Å². The zero-order valence-corrected chi connectivity index (χ0v) is 8.52. The van der Waals surface area contributed by atoms with Gasteiger partial charge in [0.05, 0.1) is 0 Å². The predicted octanol–water partition coefficient (Wildman–Crippen LogP) is 4.03. The van der Waals surface area contributed by atoms with E-state index >= 15 is 0 Å². The van der Waals surface area contributed by atoms with Gasteiger partial charge in [-0.15, -0.1) is 0 Å². The predicted molar refractivity (Wildman–Crippen MR) is 57.1 cm³/mol. The van der Waals surface area contributed by atoms with Crippen LogP contribution in [-0.4, -0.2) is 0 Å². The molecule has 0 unspecified atom stereocenters. The second kappa shape index (κ2) is 5.59. The molecular formula is C12H18. The lowest BCUT2D eigenvalue weighted by Crippen LogP contribution is -1.83. The molecule has 0 fully saturated rings. The van der Waals surface area contributed by atoms with Crippen LogP contribution in [0.4, 0.5) is 0 Å². The molecule has 0 heterocycles. The number of hydrogen-bond donors (Lipinski definition) is 0. The van der Waals surface area contributed by atoms with Gasteiger partial charge in [-0.3, -0.25) is 0 Å². The van der Waals surface area contributed by atoms with E-state index in [1.54, 1.807) is 0 Å². The highest BCUT2D eigenvalue weighted by Crippen LogP contribution is 2.15. The van der Waals surface area contributed by atoms with Gasteiger partial charge in [0.2, 0.25) is 0 Å². The van der Waals surface area contributed by atoms with Gasteiger partial charge in [-0.25, -0.2) is 0 Å². The highest BCUT2D eigenvalue weighted by atomic mass is 14.0. The highest BCUT2D eigenvalue weighted by Gasteiger charge is 1.95. The molecule has 0 aromatic carbocycles.